The number of aryl methyl sites for hydroxylation is 1. The van der Waals surface area contributed by atoms with Gasteiger partial charge in [0.25, 0.3) is 0 Å². The molecule has 3 N–H and O–H groups in total. The number of rotatable bonds is 5. The van der Waals surface area contributed by atoms with Gasteiger partial charge in [0.2, 0.25) is 0 Å². The smallest absolute Gasteiger partial charge is 0.315 e. The van der Waals surface area contributed by atoms with Gasteiger partial charge in [0.1, 0.15) is 5.01 Å². The van der Waals surface area contributed by atoms with Crippen molar-refractivity contribution in [1.29, 1.82) is 0 Å². The van der Waals surface area contributed by atoms with Crippen LogP contribution in [0.1, 0.15) is 49.0 Å². The molecule has 0 spiro atoms. The molecule has 2 amide bonds. The van der Waals surface area contributed by atoms with Gasteiger partial charge in [-0.3, -0.25) is 0 Å². The van der Waals surface area contributed by atoms with E-state index < -0.39 is 0 Å². The Morgan fingerprint density at radius 1 is 1.60 bits per heavy atom. The highest BCUT2D eigenvalue weighted by Gasteiger charge is 2.23. The number of amides is 2. The maximum absolute atomic E-state index is 11.8. The second kappa shape index (κ2) is 7.04. The molecule has 6 heteroatoms. The van der Waals surface area contributed by atoms with Crippen LogP contribution in [0.25, 0.3) is 0 Å². The summed E-state index contributed by atoms with van der Waals surface area (Å²) in [5.41, 5.74) is 0. The lowest BCUT2D eigenvalue weighted by Crippen LogP contribution is -2.39. The fourth-order valence-corrected chi connectivity index (χ4v) is 3.33. The van der Waals surface area contributed by atoms with Crippen LogP contribution in [-0.4, -0.2) is 28.8 Å². The molecular formula is C14H23N3O2S. The number of carbonyl (C=O) groups is 1. The highest BCUT2D eigenvalue weighted by Crippen LogP contribution is 2.24. The molecule has 0 bridgehead atoms. The Labute approximate surface area is 123 Å². The maximum Gasteiger partial charge on any atom is 0.315 e. The number of hydrogen-bond acceptors (Lipinski definition) is 4. The Kier molecular flexibility index (Phi) is 5.37. The van der Waals surface area contributed by atoms with Gasteiger partial charge >= 0.3 is 6.03 Å². The average Bonchev–Trinajstić information content (AvgIpc) is 3.05. The van der Waals surface area contributed by atoms with E-state index in [0.29, 0.717) is 12.5 Å². The summed E-state index contributed by atoms with van der Waals surface area (Å²) in [5, 5.41) is 16.2. The standard InChI is InChI=1S/C14H23N3O2S/c1-3-12-8-15-13(20-12)9(2)17-14(19)16-7-10-4-5-11(18)6-10/h8-11,18H,3-7H2,1-2H3,(H2,16,17,19)/t9-,10+,11+/m0/s1. The van der Waals surface area contributed by atoms with Crippen LogP contribution in [0.5, 0.6) is 0 Å². The van der Waals surface area contributed by atoms with Crippen LogP contribution in [0.3, 0.4) is 0 Å². The number of hydrogen-bond donors (Lipinski definition) is 3. The number of aliphatic hydroxyl groups is 1. The van der Waals surface area contributed by atoms with Crippen LogP contribution in [-0.2, 0) is 6.42 Å². The number of aromatic nitrogens is 1. The van der Waals surface area contributed by atoms with Crippen LogP contribution >= 0.6 is 11.3 Å². The van der Waals surface area contributed by atoms with Gasteiger partial charge in [0, 0.05) is 17.6 Å². The van der Waals surface area contributed by atoms with Crippen LogP contribution in [0, 0.1) is 5.92 Å². The zero-order valence-corrected chi connectivity index (χ0v) is 12.9. The molecule has 2 rings (SSSR count). The van der Waals surface area contributed by atoms with Crippen molar-refractivity contribution in [2.45, 2.75) is 51.7 Å². The Balaban J connectivity index is 1.73. The fourth-order valence-electron chi connectivity index (χ4n) is 2.47. The highest BCUT2D eigenvalue weighted by atomic mass is 32.1. The van der Waals surface area contributed by atoms with Crippen molar-refractivity contribution >= 4 is 17.4 Å². The minimum Gasteiger partial charge on any atom is -0.393 e. The molecule has 0 saturated heterocycles. The van der Waals surface area contributed by atoms with Gasteiger partial charge in [0.05, 0.1) is 12.1 Å². The Morgan fingerprint density at radius 3 is 3.00 bits per heavy atom. The number of carbonyl (C=O) groups excluding carboxylic acids is 1. The van der Waals surface area contributed by atoms with Crippen molar-refractivity contribution in [3.05, 3.63) is 16.1 Å². The predicted octanol–water partition coefficient (Wildman–Crippen LogP) is 2.23. The minimum atomic E-state index is -0.188. The maximum atomic E-state index is 11.8. The first-order valence-electron chi connectivity index (χ1n) is 7.25. The van der Waals surface area contributed by atoms with Gasteiger partial charge in [-0.05, 0) is 38.5 Å². The average molecular weight is 297 g/mol. The van der Waals surface area contributed by atoms with Gasteiger partial charge in [-0.25, -0.2) is 9.78 Å². The molecule has 0 aliphatic heterocycles. The van der Waals surface area contributed by atoms with Crippen molar-refractivity contribution < 1.29 is 9.90 Å². The van der Waals surface area contributed by atoms with Crippen LogP contribution in [0.4, 0.5) is 4.79 Å². The molecule has 112 valence electrons. The zero-order chi connectivity index (χ0) is 14.5. The van der Waals surface area contributed by atoms with Gasteiger partial charge in [-0.2, -0.15) is 0 Å². The molecule has 1 fully saturated rings. The lowest BCUT2D eigenvalue weighted by atomic mass is 10.1. The summed E-state index contributed by atoms with van der Waals surface area (Å²) in [7, 11) is 0. The van der Waals surface area contributed by atoms with Crippen molar-refractivity contribution in [3.63, 3.8) is 0 Å². The van der Waals surface area contributed by atoms with E-state index in [-0.39, 0.29) is 18.2 Å². The summed E-state index contributed by atoms with van der Waals surface area (Å²) >= 11 is 1.64. The summed E-state index contributed by atoms with van der Waals surface area (Å²) in [6.07, 6.45) is 5.29. The van der Waals surface area contributed by atoms with E-state index in [2.05, 4.69) is 22.5 Å². The summed E-state index contributed by atoms with van der Waals surface area (Å²) in [4.78, 5) is 17.4. The number of urea groups is 1. The van der Waals surface area contributed by atoms with Crippen LogP contribution in [0.15, 0.2) is 6.20 Å². The van der Waals surface area contributed by atoms with Crippen molar-refractivity contribution in [2.24, 2.45) is 5.92 Å². The van der Waals surface area contributed by atoms with E-state index in [9.17, 15) is 9.90 Å². The van der Waals surface area contributed by atoms with E-state index in [1.54, 1.807) is 11.3 Å². The van der Waals surface area contributed by atoms with Gasteiger partial charge < -0.3 is 15.7 Å². The van der Waals surface area contributed by atoms with Crippen molar-refractivity contribution in [3.8, 4) is 0 Å². The normalized spacial score (nSPS) is 23.6. The fraction of sp³-hybridized carbons (Fsp3) is 0.714. The molecule has 5 nitrogen and oxygen atoms in total. The Bertz CT molecular complexity index is 449. The molecular weight excluding hydrogens is 274 g/mol. The number of aliphatic hydroxyl groups excluding tert-OH is 1. The third-order valence-electron chi connectivity index (χ3n) is 3.70. The molecule has 0 radical (unpaired) electrons. The van der Waals surface area contributed by atoms with E-state index >= 15 is 0 Å². The van der Waals surface area contributed by atoms with E-state index in [4.69, 9.17) is 0 Å². The molecule has 1 aliphatic rings. The lowest BCUT2D eigenvalue weighted by Gasteiger charge is -2.14. The van der Waals surface area contributed by atoms with Gasteiger partial charge in [-0.15, -0.1) is 11.3 Å². The first-order valence-corrected chi connectivity index (χ1v) is 8.07. The Morgan fingerprint density at radius 2 is 2.40 bits per heavy atom. The summed E-state index contributed by atoms with van der Waals surface area (Å²) in [5.74, 6) is 0.401. The van der Waals surface area contributed by atoms with Gasteiger partial charge in [-0.1, -0.05) is 6.92 Å². The molecule has 0 aromatic carbocycles. The SMILES string of the molecule is CCc1cnc([C@H](C)NC(=O)NC[C@@H]2CC[C@@H](O)C2)s1. The molecule has 1 heterocycles. The van der Waals surface area contributed by atoms with Crippen LogP contribution in [0.2, 0.25) is 0 Å². The molecule has 1 aliphatic carbocycles. The van der Waals surface area contributed by atoms with Crippen molar-refractivity contribution in [1.82, 2.24) is 15.6 Å². The van der Waals surface area contributed by atoms with E-state index in [1.807, 2.05) is 13.1 Å². The molecule has 20 heavy (non-hydrogen) atoms. The minimum absolute atomic E-state index is 0.0746. The topological polar surface area (TPSA) is 74.2 Å². The predicted molar refractivity (Wildman–Crippen MR) is 79.8 cm³/mol. The molecule has 3 atom stereocenters. The number of thiazole rings is 1. The first-order chi connectivity index (χ1) is 9.58. The zero-order valence-electron chi connectivity index (χ0n) is 12.1. The summed E-state index contributed by atoms with van der Waals surface area (Å²) < 4.78 is 0. The quantitative estimate of drug-likeness (QED) is 0.780. The third kappa shape index (κ3) is 4.18. The number of nitrogens with one attached hydrogen (secondary N) is 2. The highest BCUT2D eigenvalue weighted by molar-refractivity contribution is 7.11. The summed E-state index contributed by atoms with van der Waals surface area (Å²) in [6.45, 7) is 4.67. The molecule has 0 unspecified atom stereocenters. The van der Waals surface area contributed by atoms with E-state index in [1.165, 1.54) is 4.88 Å². The number of nitrogens with zero attached hydrogens (tertiary/aromatic N) is 1. The monoisotopic (exact) mass is 297 g/mol. The molecule has 1 saturated carbocycles. The third-order valence-corrected chi connectivity index (χ3v) is 5.03. The van der Waals surface area contributed by atoms with Crippen molar-refractivity contribution in [2.75, 3.05) is 6.54 Å². The molecule has 1 aromatic rings. The Hall–Kier alpha value is -1.14. The lowest BCUT2D eigenvalue weighted by molar-refractivity contribution is 0.177. The van der Waals surface area contributed by atoms with Gasteiger partial charge in [0.15, 0.2) is 0 Å². The second-order valence-electron chi connectivity index (χ2n) is 5.43. The largest absolute Gasteiger partial charge is 0.393 e. The van der Waals surface area contributed by atoms with E-state index in [0.717, 1.165) is 30.7 Å². The first kappa shape index (κ1) is 15.3. The van der Waals surface area contributed by atoms with Crippen LogP contribution < -0.4 is 10.6 Å². The summed E-state index contributed by atoms with van der Waals surface area (Å²) in [6, 6.07) is -0.235. The molecule has 1 aromatic heterocycles. The second-order valence-corrected chi connectivity index (χ2v) is 6.57.